The molecule has 3 rings (SSSR count). The van der Waals surface area contributed by atoms with E-state index in [1.54, 1.807) is 25.2 Å². The summed E-state index contributed by atoms with van der Waals surface area (Å²) in [5, 5.41) is 0. The highest BCUT2D eigenvalue weighted by Gasteiger charge is 2.17. The van der Waals surface area contributed by atoms with Crippen LogP contribution in [0.15, 0.2) is 65.1 Å². The van der Waals surface area contributed by atoms with Crippen LogP contribution in [0.2, 0.25) is 0 Å². The van der Waals surface area contributed by atoms with Gasteiger partial charge in [0.25, 0.3) is 5.91 Å². The van der Waals surface area contributed by atoms with Gasteiger partial charge in [-0.3, -0.25) is 4.79 Å². The van der Waals surface area contributed by atoms with Gasteiger partial charge in [-0.05, 0) is 61.0 Å². The van der Waals surface area contributed by atoms with Crippen molar-refractivity contribution in [1.82, 2.24) is 4.90 Å². The predicted octanol–water partition coefficient (Wildman–Crippen LogP) is 4.30. The lowest BCUT2D eigenvalue weighted by atomic mass is 10.2. The Morgan fingerprint density at radius 3 is 2.37 bits per heavy atom. The van der Waals surface area contributed by atoms with Gasteiger partial charge in [-0.2, -0.15) is 0 Å². The Balaban J connectivity index is 1.51. The molecule has 1 amide bonds. The average molecular weight is 411 g/mol. The third-order valence-corrected chi connectivity index (χ3v) is 4.34. The number of hydrogen-bond donors (Lipinski definition) is 0. The maximum atomic E-state index is 13.0. The third-order valence-electron chi connectivity index (χ3n) is 4.34. The first kappa shape index (κ1) is 21.1. The lowest BCUT2D eigenvalue weighted by Crippen LogP contribution is -2.30. The summed E-state index contributed by atoms with van der Waals surface area (Å²) in [6.45, 7) is 2.47. The number of amides is 1. The molecule has 156 valence electrons. The maximum absolute atomic E-state index is 13.0. The quantitative estimate of drug-likeness (QED) is 0.517. The highest BCUT2D eigenvalue weighted by atomic mass is 19.1. The summed E-state index contributed by atoms with van der Waals surface area (Å²) in [7, 11) is 1.63. The number of hydrogen-bond acceptors (Lipinski definition) is 5. The van der Waals surface area contributed by atoms with Crippen LogP contribution in [0.3, 0.4) is 0 Å². The zero-order chi connectivity index (χ0) is 21.5. The highest BCUT2D eigenvalue weighted by Crippen LogP contribution is 2.23. The predicted molar refractivity (Wildman–Crippen MR) is 108 cm³/mol. The average Bonchev–Trinajstić information content (AvgIpc) is 3.24. The number of furan rings is 1. The monoisotopic (exact) mass is 411 g/mol. The van der Waals surface area contributed by atoms with Crippen LogP contribution in [-0.2, 0) is 16.1 Å². The smallest absolute Gasteiger partial charge is 0.374 e. The van der Waals surface area contributed by atoms with E-state index < -0.39 is 12.6 Å². The highest BCUT2D eigenvalue weighted by molar-refractivity contribution is 5.89. The first-order chi connectivity index (χ1) is 14.5. The maximum Gasteiger partial charge on any atom is 0.374 e. The minimum absolute atomic E-state index is 0.0312. The number of ether oxygens (including phenoxy) is 2. The van der Waals surface area contributed by atoms with E-state index in [9.17, 15) is 14.0 Å². The molecule has 0 unspecified atom stereocenters. The number of halogens is 1. The molecule has 6 nitrogen and oxygen atoms in total. The Morgan fingerprint density at radius 1 is 1.00 bits per heavy atom. The minimum atomic E-state index is -0.744. The summed E-state index contributed by atoms with van der Waals surface area (Å²) < 4.78 is 28.9. The molecule has 0 fully saturated rings. The Bertz CT molecular complexity index is 995. The van der Waals surface area contributed by atoms with E-state index in [4.69, 9.17) is 13.9 Å². The van der Waals surface area contributed by atoms with Gasteiger partial charge >= 0.3 is 5.97 Å². The summed E-state index contributed by atoms with van der Waals surface area (Å²) in [5.74, 6) is -0.314. The molecular formula is C23H22FNO5. The molecule has 7 heteroatoms. The molecule has 1 heterocycles. The van der Waals surface area contributed by atoms with Crippen LogP contribution in [0.4, 0.5) is 4.39 Å². The number of rotatable bonds is 8. The normalized spacial score (nSPS) is 10.5. The molecule has 0 radical (unpaired) electrons. The molecular weight excluding hydrogens is 389 g/mol. The zero-order valence-corrected chi connectivity index (χ0v) is 16.8. The van der Waals surface area contributed by atoms with E-state index in [0.717, 1.165) is 11.3 Å². The summed E-state index contributed by atoms with van der Waals surface area (Å²) in [6.07, 6.45) is 0. The minimum Gasteiger partial charge on any atom is -0.494 e. The Kier molecular flexibility index (Phi) is 6.85. The zero-order valence-electron chi connectivity index (χ0n) is 16.8. The third kappa shape index (κ3) is 5.47. The topological polar surface area (TPSA) is 69.0 Å². The van der Waals surface area contributed by atoms with Crippen LogP contribution >= 0.6 is 0 Å². The molecule has 0 saturated heterocycles. The summed E-state index contributed by atoms with van der Waals surface area (Å²) in [6, 6.07) is 16.2. The van der Waals surface area contributed by atoms with Gasteiger partial charge in [-0.15, -0.1) is 0 Å². The Labute approximate surface area is 173 Å². The van der Waals surface area contributed by atoms with Crippen molar-refractivity contribution in [3.63, 3.8) is 0 Å². The van der Waals surface area contributed by atoms with E-state index >= 15 is 0 Å². The number of carbonyl (C=O) groups excluding carboxylic acids is 2. The molecule has 2 aromatic carbocycles. The number of nitrogens with zero attached hydrogens (tertiary/aromatic N) is 1. The fraction of sp³-hybridized carbons (Fsp3) is 0.217. The second-order valence-electron chi connectivity index (χ2n) is 6.57. The second kappa shape index (κ2) is 9.73. The van der Waals surface area contributed by atoms with E-state index in [0.29, 0.717) is 24.5 Å². The number of benzene rings is 2. The first-order valence-electron chi connectivity index (χ1n) is 9.45. The molecule has 0 N–H and O–H groups in total. The van der Waals surface area contributed by atoms with Gasteiger partial charge in [0, 0.05) is 19.2 Å². The van der Waals surface area contributed by atoms with Crippen molar-refractivity contribution in [2.45, 2.75) is 13.5 Å². The molecule has 0 saturated carbocycles. The number of esters is 1. The van der Waals surface area contributed by atoms with Crippen LogP contribution in [0.25, 0.3) is 11.3 Å². The van der Waals surface area contributed by atoms with Crippen LogP contribution < -0.4 is 4.74 Å². The number of carbonyl (C=O) groups is 2. The van der Waals surface area contributed by atoms with E-state index in [1.165, 1.54) is 23.1 Å². The molecule has 0 spiro atoms. The Morgan fingerprint density at radius 2 is 1.70 bits per heavy atom. The SMILES string of the molecule is CCOc1ccc(CN(C)C(=O)COC(=O)c2ccc(-c3ccc(F)cc3)o2)cc1. The van der Waals surface area contributed by atoms with Crippen molar-refractivity contribution in [3.05, 3.63) is 77.8 Å². The van der Waals surface area contributed by atoms with Crippen molar-refractivity contribution in [3.8, 4) is 17.1 Å². The molecule has 3 aromatic rings. The molecule has 1 aromatic heterocycles. The van der Waals surface area contributed by atoms with Crippen LogP contribution in [0, 0.1) is 5.82 Å². The standard InChI is InChI=1S/C23H22FNO5/c1-3-28-19-10-4-16(5-11-19)14-25(2)22(26)15-29-23(27)21-13-12-20(30-21)17-6-8-18(24)9-7-17/h4-13H,3,14-15H2,1-2H3. The van der Waals surface area contributed by atoms with Gasteiger partial charge in [-0.25, -0.2) is 9.18 Å². The fourth-order valence-corrected chi connectivity index (χ4v) is 2.75. The lowest BCUT2D eigenvalue weighted by molar-refractivity contribution is -0.133. The second-order valence-corrected chi connectivity index (χ2v) is 6.57. The molecule has 0 bridgehead atoms. The summed E-state index contributed by atoms with van der Waals surface area (Å²) >= 11 is 0. The molecule has 0 aliphatic heterocycles. The molecule has 0 atom stereocenters. The van der Waals surface area contributed by atoms with Crippen molar-refractivity contribution in [1.29, 1.82) is 0 Å². The van der Waals surface area contributed by atoms with E-state index in [-0.39, 0.29) is 17.5 Å². The van der Waals surface area contributed by atoms with E-state index in [2.05, 4.69) is 0 Å². The van der Waals surface area contributed by atoms with Crippen LogP contribution in [0.1, 0.15) is 23.0 Å². The van der Waals surface area contributed by atoms with Gasteiger partial charge in [-0.1, -0.05) is 12.1 Å². The van der Waals surface area contributed by atoms with Crippen LogP contribution in [-0.4, -0.2) is 37.0 Å². The summed E-state index contributed by atoms with van der Waals surface area (Å²) in [5.41, 5.74) is 1.55. The molecule has 0 aliphatic carbocycles. The van der Waals surface area contributed by atoms with Gasteiger partial charge < -0.3 is 18.8 Å². The largest absolute Gasteiger partial charge is 0.494 e. The number of likely N-dealkylation sites (N-methyl/N-ethyl adjacent to an activating group) is 1. The molecule has 30 heavy (non-hydrogen) atoms. The lowest BCUT2D eigenvalue weighted by Gasteiger charge is -2.17. The van der Waals surface area contributed by atoms with Crippen molar-refractivity contribution in [2.24, 2.45) is 0 Å². The summed E-state index contributed by atoms with van der Waals surface area (Å²) in [4.78, 5) is 25.9. The molecule has 0 aliphatic rings. The van der Waals surface area contributed by atoms with Gasteiger partial charge in [0.2, 0.25) is 5.76 Å². The van der Waals surface area contributed by atoms with E-state index in [1.807, 2.05) is 31.2 Å². The fourth-order valence-electron chi connectivity index (χ4n) is 2.75. The van der Waals surface area contributed by atoms with Crippen LogP contribution in [0.5, 0.6) is 5.75 Å². The first-order valence-corrected chi connectivity index (χ1v) is 9.45. The van der Waals surface area contributed by atoms with Crippen molar-refractivity contribution in [2.75, 3.05) is 20.3 Å². The Hall–Kier alpha value is -3.61. The van der Waals surface area contributed by atoms with Crippen molar-refractivity contribution >= 4 is 11.9 Å². The van der Waals surface area contributed by atoms with Gasteiger partial charge in [0.1, 0.15) is 17.3 Å². The van der Waals surface area contributed by atoms with Crippen molar-refractivity contribution < 1.29 is 27.9 Å². The van der Waals surface area contributed by atoms with Gasteiger partial charge in [0.15, 0.2) is 6.61 Å². The van der Waals surface area contributed by atoms with Gasteiger partial charge in [0.05, 0.1) is 6.61 Å².